The summed E-state index contributed by atoms with van der Waals surface area (Å²) in [7, 11) is 0. The molecule has 0 aromatic rings. The van der Waals surface area contributed by atoms with Gasteiger partial charge in [0.15, 0.2) is 6.10 Å². The van der Waals surface area contributed by atoms with Gasteiger partial charge in [0.05, 0.1) is 0 Å². The Morgan fingerprint density at radius 3 is 1.90 bits per heavy atom. The second-order valence-electron chi connectivity index (χ2n) is 10.7. The van der Waals surface area contributed by atoms with E-state index in [1.54, 1.807) is 0 Å². The highest BCUT2D eigenvalue weighted by Gasteiger charge is 2.61. The van der Waals surface area contributed by atoms with Crippen LogP contribution < -0.4 is 5.73 Å². The van der Waals surface area contributed by atoms with Crippen molar-refractivity contribution in [1.29, 1.82) is 0 Å². The number of aliphatic imine (C=N–C) groups is 1. The minimum absolute atomic E-state index is 0.0378. The van der Waals surface area contributed by atoms with Crippen molar-refractivity contribution >= 4 is 17.8 Å². The average Bonchev–Trinajstić information content (AvgIpc) is 3.12. The SMILES string of the molecule is C=C1N=C(N)C=CN1[C@@H]1O[C@H](COC(=O)CCCCCCCCCCCCCCCCCC(=O)O)[C@H](O)C1(F)F. The number of carboxylic acid groups (broad SMARTS) is 1. The van der Waals surface area contributed by atoms with Gasteiger partial charge in [0, 0.05) is 19.0 Å². The van der Waals surface area contributed by atoms with Crippen molar-refractivity contribution in [2.24, 2.45) is 10.7 Å². The fraction of sp³-hybridized carbons (Fsp3) is 0.759. The first-order valence-corrected chi connectivity index (χ1v) is 14.7. The van der Waals surface area contributed by atoms with Crippen LogP contribution in [0.5, 0.6) is 0 Å². The molecule has 11 heteroatoms. The number of nitrogens with zero attached hydrogens (tertiary/aromatic N) is 2. The third kappa shape index (κ3) is 11.9. The highest BCUT2D eigenvalue weighted by atomic mass is 19.3. The van der Waals surface area contributed by atoms with E-state index in [2.05, 4.69) is 11.6 Å². The molecule has 0 aromatic carbocycles. The van der Waals surface area contributed by atoms with Gasteiger partial charge in [-0.3, -0.25) is 9.59 Å². The Morgan fingerprint density at radius 1 is 0.950 bits per heavy atom. The van der Waals surface area contributed by atoms with Crippen LogP contribution in [-0.4, -0.2) is 63.9 Å². The molecule has 0 unspecified atom stereocenters. The number of carbonyl (C=O) groups excluding carboxylic acids is 1. The van der Waals surface area contributed by atoms with Gasteiger partial charge in [-0.25, -0.2) is 4.99 Å². The highest BCUT2D eigenvalue weighted by Crippen LogP contribution is 2.40. The number of halogens is 2. The predicted octanol–water partition coefficient (Wildman–Crippen LogP) is 5.62. The maximum absolute atomic E-state index is 14.6. The second kappa shape index (κ2) is 18.0. The standard InChI is InChI=1S/C29H47F2N3O6/c1-22-33-24(32)19-20-34(22)28-29(30,31)27(38)23(40-28)21-39-26(37)18-16-14-12-10-8-6-4-2-3-5-7-9-11-13-15-17-25(35)36/h19-20,23,27-28,38H,1-18,21H2,(H2,32,33)(H,35,36)/t23-,27+,28-/m1/s1. The number of carbonyl (C=O) groups is 2. The molecule has 2 rings (SSSR count). The molecular formula is C29H47F2N3O6. The Morgan fingerprint density at radius 2 is 1.43 bits per heavy atom. The predicted molar refractivity (Wildman–Crippen MR) is 148 cm³/mol. The normalized spacial score (nSPS) is 22.0. The van der Waals surface area contributed by atoms with Crippen molar-refractivity contribution < 1.29 is 38.1 Å². The summed E-state index contributed by atoms with van der Waals surface area (Å²) in [6, 6.07) is 0. The molecule has 1 saturated heterocycles. The topological polar surface area (TPSA) is 135 Å². The molecular weight excluding hydrogens is 524 g/mol. The summed E-state index contributed by atoms with van der Waals surface area (Å²) in [5, 5.41) is 18.7. The largest absolute Gasteiger partial charge is 0.481 e. The van der Waals surface area contributed by atoms with Crippen LogP contribution in [-0.2, 0) is 19.1 Å². The lowest BCUT2D eigenvalue weighted by atomic mass is 10.0. The quantitative estimate of drug-likeness (QED) is 0.119. The molecule has 0 amide bonds. The zero-order valence-corrected chi connectivity index (χ0v) is 23.6. The lowest BCUT2D eigenvalue weighted by Gasteiger charge is -2.31. The summed E-state index contributed by atoms with van der Waals surface area (Å²) in [4.78, 5) is 27.4. The van der Waals surface area contributed by atoms with Gasteiger partial charge in [0.25, 0.3) is 0 Å². The third-order valence-corrected chi connectivity index (χ3v) is 7.27. The number of aliphatic hydroxyl groups excluding tert-OH is 1. The first-order chi connectivity index (χ1) is 19.1. The fourth-order valence-corrected chi connectivity index (χ4v) is 4.90. The smallest absolute Gasteiger partial charge is 0.320 e. The molecule has 3 atom stereocenters. The van der Waals surface area contributed by atoms with Crippen molar-refractivity contribution in [1.82, 2.24) is 4.90 Å². The molecule has 40 heavy (non-hydrogen) atoms. The summed E-state index contributed by atoms with van der Waals surface area (Å²) in [6.45, 7) is 3.13. The summed E-state index contributed by atoms with van der Waals surface area (Å²) in [5.74, 6) is -4.75. The van der Waals surface area contributed by atoms with E-state index in [1.807, 2.05) is 0 Å². The minimum atomic E-state index is -3.63. The number of esters is 1. The van der Waals surface area contributed by atoms with Crippen molar-refractivity contribution in [3.63, 3.8) is 0 Å². The first-order valence-electron chi connectivity index (χ1n) is 14.7. The monoisotopic (exact) mass is 571 g/mol. The molecule has 228 valence electrons. The average molecular weight is 572 g/mol. The van der Waals surface area contributed by atoms with Gasteiger partial charge < -0.3 is 30.3 Å². The van der Waals surface area contributed by atoms with E-state index in [4.69, 9.17) is 20.3 Å². The molecule has 0 aliphatic carbocycles. The van der Waals surface area contributed by atoms with Gasteiger partial charge in [-0.05, 0) is 18.9 Å². The minimum Gasteiger partial charge on any atom is -0.481 e. The van der Waals surface area contributed by atoms with Crippen molar-refractivity contribution in [3.8, 4) is 0 Å². The van der Waals surface area contributed by atoms with Crippen LogP contribution in [0.4, 0.5) is 8.78 Å². The second-order valence-corrected chi connectivity index (χ2v) is 10.7. The number of hydrogen-bond donors (Lipinski definition) is 3. The number of alkyl halides is 2. The van der Waals surface area contributed by atoms with Crippen LogP contribution in [0.3, 0.4) is 0 Å². The number of unbranched alkanes of at least 4 members (excludes halogenated alkanes) is 14. The number of nitrogens with two attached hydrogens (primary N) is 1. The third-order valence-electron chi connectivity index (χ3n) is 7.27. The summed E-state index contributed by atoms with van der Waals surface area (Å²) in [6.07, 6.45) is 14.2. The number of carboxylic acids is 1. The van der Waals surface area contributed by atoms with E-state index < -0.39 is 42.9 Å². The van der Waals surface area contributed by atoms with Crippen LogP contribution in [0.2, 0.25) is 0 Å². The Labute approximate surface area is 236 Å². The van der Waals surface area contributed by atoms with Crippen molar-refractivity contribution in [2.75, 3.05) is 6.61 Å². The molecule has 2 aliphatic heterocycles. The summed E-state index contributed by atoms with van der Waals surface area (Å²) < 4.78 is 39.7. The molecule has 0 radical (unpaired) electrons. The van der Waals surface area contributed by atoms with Crippen molar-refractivity contribution in [3.05, 3.63) is 24.7 Å². The first kappa shape index (κ1) is 33.7. The van der Waals surface area contributed by atoms with Gasteiger partial charge >= 0.3 is 17.9 Å². The maximum atomic E-state index is 14.6. The van der Waals surface area contributed by atoms with E-state index >= 15 is 0 Å². The molecule has 1 fully saturated rings. The van der Waals surface area contributed by atoms with E-state index in [-0.39, 0.29) is 24.5 Å². The molecule has 0 spiro atoms. The van der Waals surface area contributed by atoms with Crippen LogP contribution in [0.1, 0.15) is 109 Å². The number of aliphatic hydroxyl groups is 1. The van der Waals surface area contributed by atoms with Gasteiger partial charge in [0.1, 0.15) is 24.4 Å². The van der Waals surface area contributed by atoms with Crippen molar-refractivity contribution in [2.45, 2.75) is 134 Å². The van der Waals surface area contributed by atoms with Crippen LogP contribution in [0.15, 0.2) is 29.7 Å². The number of amidine groups is 1. The number of ether oxygens (including phenoxy) is 2. The van der Waals surface area contributed by atoms with Gasteiger partial charge in [-0.15, -0.1) is 0 Å². The zero-order valence-electron chi connectivity index (χ0n) is 23.6. The van der Waals surface area contributed by atoms with Gasteiger partial charge in [0.2, 0.25) is 6.23 Å². The number of aliphatic carboxylic acids is 1. The molecule has 4 N–H and O–H groups in total. The van der Waals surface area contributed by atoms with E-state index in [0.29, 0.717) is 6.42 Å². The van der Waals surface area contributed by atoms with E-state index in [1.165, 1.54) is 63.6 Å². The Kier molecular flexibility index (Phi) is 15.2. The molecule has 0 saturated carbocycles. The lowest BCUT2D eigenvalue weighted by Crippen LogP contribution is -2.47. The molecule has 2 heterocycles. The molecule has 9 nitrogen and oxygen atoms in total. The van der Waals surface area contributed by atoms with Crippen LogP contribution in [0, 0.1) is 0 Å². The molecule has 2 aliphatic rings. The highest BCUT2D eigenvalue weighted by molar-refractivity contribution is 5.92. The van der Waals surface area contributed by atoms with Crippen LogP contribution >= 0.6 is 0 Å². The summed E-state index contributed by atoms with van der Waals surface area (Å²) >= 11 is 0. The Bertz CT molecular complexity index is 867. The summed E-state index contributed by atoms with van der Waals surface area (Å²) in [5.41, 5.74) is 5.54. The molecule has 0 bridgehead atoms. The fourth-order valence-electron chi connectivity index (χ4n) is 4.90. The Hall–Kier alpha value is -2.53. The van der Waals surface area contributed by atoms with E-state index in [9.17, 15) is 23.5 Å². The van der Waals surface area contributed by atoms with Gasteiger partial charge in [-0.2, -0.15) is 8.78 Å². The number of rotatable bonds is 21. The number of hydrogen-bond acceptors (Lipinski definition) is 8. The van der Waals surface area contributed by atoms with Gasteiger partial charge in [-0.1, -0.05) is 90.0 Å². The molecule has 0 aromatic heterocycles. The lowest BCUT2D eigenvalue weighted by molar-refractivity contribution is -0.153. The van der Waals surface area contributed by atoms with E-state index in [0.717, 1.165) is 43.4 Å². The van der Waals surface area contributed by atoms with Crippen LogP contribution in [0.25, 0.3) is 0 Å². The zero-order chi connectivity index (χ0) is 29.4. The maximum Gasteiger partial charge on any atom is 0.320 e. The Balaban J connectivity index is 1.44.